The Kier molecular flexibility index (Phi) is 90.3. The minimum Gasteiger partial charge on any atom is -0.345 e. The minimum atomic E-state index is 0. The van der Waals surface area contributed by atoms with Crippen LogP contribution < -0.4 is 0 Å². The maximum Gasteiger partial charge on any atom is 0 e. The average molecular weight is 308 g/mol. The van der Waals surface area contributed by atoms with Crippen LogP contribution in [0, 0.1) is 0 Å². The smallest absolute Gasteiger partial charge is 0 e. The van der Waals surface area contributed by atoms with E-state index in [9.17, 15) is 0 Å². The average Bonchev–Trinajstić information content (AvgIpc) is 0.918. The molecule has 27 valence electrons. The van der Waals surface area contributed by atoms with Crippen LogP contribution in [0.3, 0.4) is 0 Å². The van der Waals surface area contributed by atoms with Gasteiger partial charge < -0.3 is 7.28 Å². The summed E-state index contributed by atoms with van der Waals surface area (Å²) in [5, 5.41) is 0. The molecule has 0 saturated heterocycles. The van der Waals surface area contributed by atoms with E-state index in [1.165, 1.54) is 0 Å². The van der Waals surface area contributed by atoms with Gasteiger partial charge in [0.15, 0.2) is 0 Å². The molecule has 5 radical (unpaired) electrons. The minimum absolute atomic E-state index is 0. The second-order valence-corrected chi connectivity index (χ2v) is 0.577. The van der Waals surface area contributed by atoms with E-state index in [1.54, 1.807) is 0 Å². The molecule has 0 aliphatic rings. The zero-order valence-corrected chi connectivity index (χ0v) is 12.8. The zero-order valence-electron chi connectivity index (χ0n) is 4.31. The molecule has 0 bridgehead atoms. The standard InChI is InChI=1S/C2H6B.3Y/c1-3-2;;;/h1-2H3;;;/q-1;;;. The first-order valence-electron chi connectivity index (χ1n) is 1.15. The first kappa shape index (κ1) is 22.8. The Hall–Kier alpha value is 3.38. The van der Waals surface area contributed by atoms with Crippen LogP contribution in [0.15, 0.2) is 0 Å². The van der Waals surface area contributed by atoms with Gasteiger partial charge >= 0.3 is 0 Å². The van der Waals surface area contributed by atoms with E-state index in [4.69, 9.17) is 0 Å². The zero-order chi connectivity index (χ0) is 2.71. The van der Waals surface area contributed by atoms with E-state index < -0.39 is 0 Å². The molecule has 0 rings (SSSR count). The van der Waals surface area contributed by atoms with Crippen molar-refractivity contribution in [3.05, 3.63) is 0 Å². The van der Waals surface area contributed by atoms with E-state index >= 15 is 0 Å². The van der Waals surface area contributed by atoms with E-state index in [1.807, 2.05) is 20.9 Å². The molecule has 4 heteroatoms. The summed E-state index contributed by atoms with van der Waals surface area (Å²) < 4.78 is 0. The van der Waals surface area contributed by atoms with E-state index in [0.29, 0.717) is 0 Å². The van der Waals surface area contributed by atoms with Gasteiger partial charge in [-0.05, 0) is 0 Å². The molecule has 0 heterocycles. The summed E-state index contributed by atoms with van der Waals surface area (Å²) >= 11 is 0. The van der Waals surface area contributed by atoms with Gasteiger partial charge in [0.1, 0.15) is 0 Å². The van der Waals surface area contributed by atoms with Crippen molar-refractivity contribution < 1.29 is 98.1 Å². The molecule has 0 aliphatic carbocycles. The Balaban J connectivity index is -0.00000000667. The van der Waals surface area contributed by atoms with Gasteiger partial charge in [-0.15, -0.1) is 0 Å². The van der Waals surface area contributed by atoms with Crippen LogP contribution in [0.4, 0.5) is 0 Å². The molecular weight excluding hydrogens is 302 g/mol. The molecule has 6 heavy (non-hydrogen) atoms. The van der Waals surface area contributed by atoms with Crippen molar-refractivity contribution in [2.75, 3.05) is 0 Å². The summed E-state index contributed by atoms with van der Waals surface area (Å²) in [6.45, 7) is 4.00. The van der Waals surface area contributed by atoms with Crippen molar-refractivity contribution in [1.29, 1.82) is 0 Å². The number of rotatable bonds is 0. The Labute approximate surface area is 116 Å². The maximum atomic E-state index is 2.00. The van der Waals surface area contributed by atoms with Crippen molar-refractivity contribution in [1.82, 2.24) is 0 Å². The predicted molar refractivity (Wildman–Crippen MR) is 17.5 cm³/mol. The molecule has 0 aromatic heterocycles. The second-order valence-electron chi connectivity index (χ2n) is 0.577. The summed E-state index contributed by atoms with van der Waals surface area (Å²) in [6, 6.07) is 0. The van der Waals surface area contributed by atoms with E-state index in [0.717, 1.165) is 0 Å². The second kappa shape index (κ2) is 23.8. The van der Waals surface area contributed by atoms with Crippen molar-refractivity contribution in [2.24, 2.45) is 0 Å². The first-order valence-corrected chi connectivity index (χ1v) is 1.15. The van der Waals surface area contributed by atoms with Gasteiger partial charge in [-0.3, -0.25) is 13.6 Å². The van der Waals surface area contributed by atoms with E-state index in [2.05, 4.69) is 0 Å². The van der Waals surface area contributed by atoms with Crippen LogP contribution in [-0.4, -0.2) is 7.28 Å². The molecule has 0 aromatic carbocycles. The Bertz CT molecular complexity index is 8.75. The van der Waals surface area contributed by atoms with Gasteiger partial charge in [-0.25, -0.2) is 0 Å². The van der Waals surface area contributed by atoms with Crippen LogP contribution in [0.2, 0.25) is 13.6 Å². The molecule has 0 amide bonds. The van der Waals surface area contributed by atoms with Gasteiger partial charge in [0.2, 0.25) is 0 Å². The third kappa shape index (κ3) is 26.3. The predicted octanol–water partition coefficient (Wildman–Crippen LogP) is 0.779. The molecule has 0 N–H and O–H groups in total. The van der Waals surface area contributed by atoms with Crippen molar-refractivity contribution in [3.63, 3.8) is 0 Å². The summed E-state index contributed by atoms with van der Waals surface area (Å²) in [7, 11) is 2.00. The summed E-state index contributed by atoms with van der Waals surface area (Å²) in [5.41, 5.74) is 0. The normalized spacial score (nSPS) is 3.00. The molecule has 0 fully saturated rings. The van der Waals surface area contributed by atoms with Gasteiger partial charge in [0, 0.05) is 98.1 Å². The number of hydrogen-bond acceptors (Lipinski definition) is 0. The quantitative estimate of drug-likeness (QED) is 0.580. The van der Waals surface area contributed by atoms with Crippen LogP contribution in [0.25, 0.3) is 0 Å². The first-order chi connectivity index (χ1) is 1.41. The summed E-state index contributed by atoms with van der Waals surface area (Å²) in [4.78, 5) is 0. The summed E-state index contributed by atoms with van der Waals surface area (Å²) in [6.07, 6.45) is 0. The molecule has 0 aliphatic heterocycles. The fourth-order valence-corrected chi connectivity index (χ4v) is 0. The Morgan fingerprint density at radius 2 is 0.833 bits per heavy atom. The molecule has 0 aromatic rings. The molecule has 0 saturated carbocycles. The SMILES string of the molecule is C[B-]C.[Y].[Y].[Y]. The van der Waals surface area contributed by atoms with Gasteiger partial charge in [0.25, 0.3) is 0 Å². The number of hydrogen-bond donors (Lipinski definition) is 0. The largest absolute Gasteiger partial charge is 0.345 e. The molecule has 0 unspecified atom stereocenters. The van der Waals surface area contributed by atoms with Crippen LogP contribution in [0.1, 0.15) is 0 Å². The van der Waals surface area contributed by atoms with Crippen LogP contribution in [0.5, 0.6) is 0 Å². The molecule has 0 spiro atoms. The molecular formula is C2H6BY3-. The Morgan fingerprint density at radius 3 is 0.833 bits per heavy atom. The summed E-state index contributed by atoms with van der Waals surface area (Å²) in [5.74, 6) is 0. The van der Waals surface area contributed by atoms with Gasteiger partial charge in [-0.1, -0.05) is 0 Å². The fraction of sp³-hybridized carbons (Fsp3) is 1.00. The van der Waals surface area contributed by atoms with Gasteiger partial charge in [0.05, 0.1) is 0 Å². The van der Waals surface area contributed by atoms with Crippen LogP contribution >= 0.6 is 0 Å². The van der Waals surface area contributed by atoms with Crippen molar-refractivity contribution in [2.45, 2.75) is 13.6 Å². The Morgan fingerprint density at radius 1 is 0.833 bits per heavy atom. The maximum absolute atomic E-state index is 2.00. The van der Waals surface area contributed by atoms with Crippen molar-refractivity contribution in [3.8, 4) is 0 Å². The molecule has 0 nitrogen and oxygen atoms in total. The fourth-order valence-electron chi connectivity index (χ4n) is 0. The molecule has 0 atom stereocenters. The third-order valence-corrected chi connectivity index (χ3v) is 0. The van der Waals surface area contributed by atoms with Crippen molar-refractivity contribution >= 4 is 7.28 Å². The monoisotopic (exact) mass is 308 g/mol. The van der Waals surface area contributed by atoms with Crippen LogP contribution in [-0.2, 0) is 98.1 Å². The topological polar surface area (TPSA) is 0 Å². The third-order valence-electron chi connectivity index (χ3n) is 0. The van der Waals surface area contributed by atoms with E-state index in [-0.39, 0.29) is 98.1 Å². The van der Waals surface area contributed by atoms with Gasteiger partial charge in [-0.2, -0.15) is 0 Å².